The summed E-state index contributed by atoms with van der Waals surface area (Å²) in [7, 11) is 1.29. The zero-order chi connectivity index (χ0) is 10.7. The minimum atomic E-state index is -1.00. The van der Waals surface area contributed by atoms with E-state index in [1.165, 1.54) is 19.2 Å². The molecule has 14 heavy (non-hydrogen) atoms. The number of aromatic hydroxyl groups is 1. The topological polar surface area (TPSA) is 72.5 Å². The lowest BCUT2D eigenvalue weighted by Gasteiger charge is -2.06. The number of Topliss-reactive ketones (excluding diaryl/α,β-unsaturated/α-hetero) is 1. The number of rotatable bonds is 3. The van der Waals surface area contributed by atoms with Gasteiger partial charge in [0.05, 0.1) is 19.2 Å². The maximum absolute atomic E-state index is 13.3. The van der Waals surface area contributed by atoms with E-state index in [9.17, 15) is 14.3 Å². The van der Waals surface area contributed by atoms with Crippen molar-refractivity contribution in [3.8, 4) is 11.5 Å². The molecule has 0 saturated heterocycles. The van der Waals surface area contributed by atoms with E-state index in [0.29, 0.717) is 0 Å². The van der Waals surface area contributed by atoms with Crippen LogP contribution in [0.25, 0.3) is 0 Å². The Labute approximate surface area is 80.1 Å². The Morgan fingerprint density at radius 3 is 2.79 bits per heavy atom. The van der Waals surface area contributed by atoms with Crippen LogP contribution in [0.1, 0.15) is 10.4 Å². The van der Waals surface area contributed by atoms with E-state index in [1.54, 1.807) is 0 Å². The van der Waals surface area contributed by atoms with E-state index >= 15 is 0 Å². The molecule has 3 N–H and O–H groups in total. The lowest BCUT2D eigenvalue weighted by atomic mass is 10.1. The van der Waals surface area contributed by atoms with Crippen molar-refractivity contribution in [1.82, 2.24) is 0 Å². The number of phenols is 1. The first-order valence-electron chi connectivity index (χ1n) is 3.90. The third kappa shape index (κ3) is 1.67. The van der Waals surface area contributed by atoms with Crippen LogP contribution in [0, 0.1) is 5.82 Å². The van der Waals surface area contributed by atoms with Gasteiger partial charge in [-0.1, -0.05) is 0 Å². The van der Waals surface area contributed by atoms with Gasteiger partial charge in [0.2, 0.25) is 0 Å². The minimum Gasteiger partial charge on any atom is -0.502 e. The number of ether oxygens (including phenoxy) is 1. The molecule has 0 unspecified atom stereocenters. The fraction of sp³-hybridized carbons (Fsp3) is 0.222. The average Bonchev–Trinajstić information content (AvgIpc) is 2.21. The van der Waals surface area contributed by atoms with E-state index in [4.69, 9.17) is 5.73 Å². The molecule has 76 valence electrons. The fourth-order valence-corrected chi connectivity index (χ4v) is 1.04. The molecule has 0 heterocycles. The highest BCUT2D eigenvalue weighted by Crippen LogP contribution is 2.30. The van der Waals surface area contributed by atoms with E-state index in [0.717, 1.165) is 0 Å². The molecule has 0 saturated carbocycles. The van der Waals surface area contributed by atoms with Crippen molar-refractivity contribution in [2.75, 3.05) is 13.7 Å². The first kappa shape index (κ1) is 10.5. The molecule has 0 aliphatic carbocycles. The summed E-state index contributed by atoms with van der Waals surface area (Å²) in [6.07, 6.45) is 0. The summed E-state index contributed by atoms with van der Waals surface area (Å²) in [5, 5.41) is 9.23. The van der Waals surface area contributed by atoms with Gasteiger partial charge in [0, 0.05) is 0 Å². The van der Waals surface area contributed by atoms with E-state index in [-0.39, 0.29) is 17.9 Å². The highest BCUT2D eigenvalue weighted by Gasteiger charge is 2.16. The number of carbonyl (C=O) groups excluding carboxylic acids is 1. The van der Waals surface area contributed by atoms with Gasteiger partial charge < -0.3 is 15.6 Å². The molecule has 0 aromatic heterocycles. The minimum absolute atomic E-state index is 0.0175. The van der Waals surface area contributed by atoms with Gasteiger partial charge in [0.15, 0.2) is 23.1 Å². The number of methoxy groups -OCH3 is 1. The highest BCUT2D eigenvalue weighted by molar-refractivity contribution is 5.98. The number of nitrogens with two attached hydrogens (primary N) is 1. The molecule has 0 aliphatic heterocycles. The predicted molar refractivity (Wildman–Crippen MR) is 48.0 cm³/mol. The monoisotopic (exact) mass is 199 g/mol. The summed E-state index contributed by atoms with van der Waals surface area (Å²) in [4.78, 5) is 11.1. The fourth-order valence-electron chi connectivity index (χ4n) is 1.04. The largest absolute Gasteiger partial charge is 0.502 e. The highest BCUT2D eigenvalue weighted by atomic mass is 19.1. The Bertz CT molecular complexity index is 365. The van der Waals surface area contributed by atoms with Crippen LogP contribution in [-0.2, 0) is 0 Å². The molecule has 1 aromatic carbocycles. The lowest BCUT2D eigenvalue weighted by molar-refractivity contribution is 0.0996. The third-order valence-electron chi connectivity index (χ3n) is 1.78. The van der Waals surface area contributed by atoms with Crippen molar-refractivity contribution in [3.63, 3.8) is 0 Å². The van der Waals surface area contributed by atoms with Crippen LogP contribution in [0.3, 0.4) is 0 Å². The summed E-state index contributed by atoms with van der Waals surface area (Å²) < 4.78 is 17.9. The number of ketones is 1. The van der Waals surface area contributed by atoms with Crippen LogP contribution in [0.2, 0.25) is 0 Å². The van der Waals surface area contributed by atoms with Gasteiger partial charge in [0.1, 0.15) is 0 Å². The zero-order valence-electron chi connectivity index (χ0n) is 7.58. The van der Waals surface area contributed by atoms with E-state index in [1.807, 2.05) is 0 Å². The van der Waals surface area contributed by atoms with E-state index < -0.39 is 17.3 Å². The smallest absolute Gasteiger partial charge is 0.195 e. The van der Waals surface area contributed by atoms with Crippen molar-refractivity contribution in [1.29, 1.82) is 0 Å². The number of phenolic OH excluding ortho intramolecular Hbond substituents is 1. The van der Waals surface area contributed by atoms with Gasteiger partial charge in [-0.25, -0.2) is 4.39 Å². The maximum atomic E-state index is 13.3. The number of hydrogen-bond acceptors (Lipinski definition) is 4. The molecule has 0 spiro atoms. The molecule has 0 bridgehead atoms. The zero-order valence-corrected chi connectivity index (χ0v) is 7.58. The summed E-state index contributed by atoms with van der Waals surface area (Å²) in [6.45, 7) is -0.303. The Morgan fingerprint density at radius 2 is 2.29 bits per heavy atom. The molecular formula is C9H10FNO3. The first-order valence-corrected chi connectivity index (χ1v) is 3.90. The molecule has 0 atom stereocenters. The van der Waals surface area contributed by atoms with Crippen LogP contribution in [0.15, 0.2) is 12.1 Å². The molecule has 1 rings (SSSR count). The standard InChI is InChI=1S/C9H10FNO3/c1-14-7-3-2-5(6(12)4-11)8(10)9(7)13/h2-3,13H,4,11H2,1H3. The van der Waals surface area contributed by atoms with Crippen molar-refractivity contribution in [2.24, 2.45) is 5.73 Å². The van der Waals surface area contributed by atoms with Gasteiger partial charge in [-0.2, -0.15) is 0 Å². The summed E-state index contributed by atoms with van der Waals surface area (Å²) in [5.41, 5.74) is 4.83. The van der Waals surface area contributed by atoms with Crippen molar-refractivity contribution in [3.05, 3.63) is 23.5 Å². The number of benzene rings is 1. The van der Waals surface area contributed by atoms with Crippen LogP contribution in [0.4, 0.5) is 4.39 Å². The van der Waals surface area contributed by atoms with Gasteiger partial charge >= 0.3 is 0 Å². The molecule has 0 aliphatic rings. The number of hydrogen-bond donors (Lipinski definition) is 2. The second-order valence-corrected chi connectivity index (χ2v) is 2.61. The Kier molecular flexibility index (Phi) is 3.03. The first-order chi connectivity index (χ1) is 6.61. The van der Waals surface area contributed by atoms with Crippen LogP contribution in [-0.4, -0.2) is 24.5 Å². The molecule has 0 radical (unpaired) electrons. The maximum Gasteiger partial charge on any atom is 0.195 e. The molecule has 1 aromatic rings. The Balaban J connectivity index is 3.24. The van der Waals surface area contributed by atoms with Gasteiger partial charge in [-0.3, -0.25) is 4.79 Å². The van der Waals surface area contributed by atoms with Gasteiger partial charge in [-0.15, -0.1) is 0 Å². The predicted octanol–water partition coefficient (Wildman–Crippen LogP) is 0.681. The summed E-state index contributed by atoms with van der Waals surface area (Å²) in [6, 6.07) is 2.53. The Hall–Kier alpha value is -1.62. The van der Waals surface area contributed by atoms with Gasteiger partial charge in [0.25, 0.3) is 0 Å². The second-order valence-electron chi connectivity index (χ2n) is 2.61. The van der Waals surface area contributed by atoms with Crippen LogP contribution < -0.4 is 10.5 Å². The molecule has 0 fully saturated rings. The molecule has 5 heteroatoms. The SMILES string of the molecule is COc1ccc(C(=O)CN)c(F)c1O. The lowest BCUT2D eigenvalue weighted by Crippen LogP contribution is -2.15. The summed E-state index contributed by atoms with van der Waals surface area (Å²) in [5.74, 6) is -2.26. The van der Waals surface area contributed by atoms with Crippen molar-refractivity contribution >= 4 is 5.78 Å². The quantitative estimate of drug-likeness (QED) is 0.702. The number of carbonyl (C=O) groups is 1. The second kappa shape index (κ2) is 4.06. The molecular weight excluding hydrogens is 189 g/mol. The van der Waals surface area contributed by atoms with Crippen LogP contribution >= 0.6 is 0 Å². The van der Waals surface area contributed by atoms with E-state index in [2.05, 4.69) is 4.74 Å². The number of halogens is 1. The van der Waals surface area contributed by atoms with Gasteiger partial charge in [-0.05, 0) is 12.1 Å². The molecule has 4 nitrogen and oxygen atoms in total. The van der Waals surface area contributed by atoms with Crippen LogP contribution in [0.5, 0.6) is 11.5 Å². The van der Waals surface area contributed by atoms with Crippen molar-refractivity contribution < 1.29 is 19.0 Å². The van der Waals surface area contributed by atoms with Crippen molar-refractivity contribution in [2.45, 2.75) is 0 Å². The summed E-state index contributed by atoms with van der Waals surface area (Å²) >= 11 is 0. The third-order valence-corrected chi connectivity index (χ3v) is 1.78. The Morgan fingerprint density at radius 1 is 1.64 bits per heavy atom. The normalized spacial score (nSPS) is 9.93. The average molecular weight is 199 g/mol. The molecule has 0 amide bonds.